The Hall–Kier alpha value is 0.200. The molecular formula is C4H6CaO4. The minimum absolute atomic E-state index is 0. The standard InChI is InChI=1S/C4H6O4.Ca/c5-3(6)1-2-4(7)8;/h1-2H2,(H,5,6)(H,7,8);. The van der Waals surface area contributed by atoms with E-state index in [9.17, 15) is 9.59 Å². The van der Waals surface area contributed by atoms with E-state index >= 15 is 0 Å². The van der Waals surface area contributed by atoms with E-state index in [1.54, 1.807) is 0 Å². The van der Waals surface area contributed by atoms with Crippen molar-refractivity contribution in [2.75, 3.05) is 0 Å². The Morgan fingerprint density at radius 3 is 1.33 bits per heavy atom. The van der Waals surface area contributed by atoms with Gasteiger partial charge in [-0.2, -0.15) is 0 Å². The molecule has 0 aromatic carbocycles. The Labute approximate surface area is 81.9 Å². The molecule has 0 aliphatic carbocycles. The molecule has 0 bridgehead atoms. The molecule has 0 aromatic heterocycles. The van der Waals surface area contributed by atoms with Gasteiger partial charge in [0, 0.05) is 37.7 Å². The summed E-state index contributed by atoms with van der Waals surface area (Å²) in [5.41, 5.74) is 0. The fourth-order valence-electron chi connectivity index (χ4n) is 0.214. The van der Waals surface area contributed by atoms with Crippen LogP contribution in [0.4, 0.5) is 0 Å². The van der Waals surface area contributed by atoms with Gasteiger partial charge in [0.2, 0.25) is 0 Å². The molecule has 0 heterocycles. The van der Waals surface area contributed by atoms with Crippen molar-refractivity contribution in [1.82, 2.24) is 0 Å². The average molecular weight is 158 g/mol. The molecule has 0 rings (SSSR count). The summed E-state index contributed by atoms with van der Waals surface area (Å²) in [6, 6.07) is 0. The average Bonchev–Trinajstić information content (AvgIpc) is 1.61. The van der Waals surface area contributed by atoms with Gasteiger partial charge in [-0.05, 0) is 0 Å². The predicted molar refractivity (Wildman–Crippen MR) is 30.3 cm³/mol. The zero-order valence-corrected chi connectivity index (χ0v) is 7.04. The molecule has 0 atom stereocenters. The van der Waals surface area contributed by atoms with Gasteiger partial charge in [0.05, 0.1) is 12.8 Å². The van der Waals surface area contributed by atoms with Gasteiger partial charge in [-0.1, -0.05) is 0 Å². The summed E-state index contributed by atoms with van der Waals surface area (Å²) in [5, 5.41) is 15.8. The van der Waals surface area contributed by atoms with Gasteiger partial charge >= 0.3 is 11.9 Å². The van der Waals surface area contributed by atoms with Crippen molar-refractivity contribution >= 4 is 49.7 Å². The van der Waals surface area contributed by atoms with Gasteiger partial charge in [-0.15, -0.1) is 0 Å². The summed E-state index contributed by atoms with van der Waals surface area (Å²) in [6.45, 7) is 0. The van der Waals surface area contributed by atoms with Crippen molar-refractivity contribution in [3.63, 3.8) is 0 Å². The van der Waals surface area contributed by atoms with E-state index in [-0.39, 0.29) is 50.6 Å². The summed E-state index contributed by atoms with van der Waals surface area (Å²) in [6.07, 6.45) is -0.593. The fourth-order valence-corrected chi connectivity index (χ4v) is 0.214. The smallest absolute Gasteiger partial charge is 0.303 e. The van der Waals surface area contributed by atoms with Gasteiger partial charge < -0.3 is 10.2 Å². The van der Waals surface area contributed by atoms with Crippen molar-refractivity contribution < 1.29 is 19.8 Å². The van der Waals surface area contributed by atoms with Crippen LogP contribution in [0.5, 0.6) is 0 Å². The van der Waals surface area contributed by atoms with Gasteiger partial charge in [-0.25, -0.2) is 0 Å². The molecule has 2 N–H and O–H groups in total. The zero-order valence-electron chi connectivity index (χ0n) is 4.83. The van der Waals surface area contributed by atoms with E-state index in [2.05, 4.69) is 0 Å². The van der Waals surface area contributed by atoms with Gasteiger partial charge in [-0.3, -0.25) is 9.59 Å². The minimum Gasteiger partial charge on any atom is -0.481 e. The SMILES string of the molecule is O=C(O)CCC(=O)O.[Ca]. The number of carboxylic acid groups (broad SMARTS) is 2. The third kappa shape index (κ3) is 11.7. The molecule has 0 aromatic rings. The first-order valence-corrected chi connectivity index (χ1v) is 2.06. The molecule has 2 radical (unpaired) electrons. The van der Waals surface area contributed by atoms with Crippen LogP contribution in [0.15, 0.2) is 0 Å². The molecule has 0 fully saturated rings. The second-order valence-electron chi connectivity index (χ2n) is 1.29. The molecule has 0 unspecified atom stereocenters. The second-order valence-corrected chi connectivity index (χ2v) is 1.29. The van der Waals surface area contributed by atoms with Crippen LogP contribution in [-0.2, 0) is 9.59 Å². The van der Waals surface area contributed by atoms with E-state index in [0.29, 0.717) is 0 Å². The van der Waals surface area contributed by atoms with E-state index < -0.39 is 11.9 Å². The van der Waals surface area contributed by atoms with Crippen LogP contribution in [0.3, 0.4) is 0 Å². The monoisotopic (exact) mass is 158 g/mol. The molecule has 5 heteroatoms. The number of hydrogen-bond donors (Lipinski definition) is 2. The Morgan fingerprint density at radius 1 is 1.00 bits per heavy atom. The van der Waals surface area contributed by atoms with Gasteiger partial charge in [0.25, 0.3) is 0 Å². The number of rotatable bonds is 3. The molecule has 0 saturated heterocycles. The van der Waals surface area contributed by atoms with Crippen LogP contribution in [-0.4, -0.2) is 59.9 Å². The Balaban J connectivity index is 0. The van der Waals surface area contributed by atoms with E-state index in [0.717, 1.165) is 0 Å². The van der Waals surface area contributed by atoms with Crippen LogP contribution < -0.4 is 0 Å². The van der Waals surface area contributed by atoms with Crippen LogP contribution in [0.25, 0.3) is 0 Å². The minimum atomic E-state index is -1.08. The molecule has 0 aliphatic rings. The van der Waals surface area contributed by atoms with E-state index in [1.807, 2.05) is 0 Å². The third-order valence-electron chi connectivity index (χ3n) is 0.553. The normalized spacial score (nSPS) is 7.56. The van der Waals surface area contributed by atoms with E-state index in [1.165, 1.54) is 0 Å². The number of hydrogen-bond acceptors (Lipinski definition) is 2. The zero-order chi connectivity index (χ0) is 6.57. The van der Waals surface area contributed by atoms with Gasteiger partial charge in [0.1, 0.15) is 0 Å². The van der Waals surface area contributed by atoms with Crippen LogP contribution in [0.1, 0.15) is 12.8 Å². The van der Waals surface area contributed by atoms with Crippen molar-refractivity contribution in [2.45, 2.75) is 12.8 Å². The molecule has 0 spiro atoms. The number of carbonyl (C=O) groups is 2. The summed E-state index contributed by atoms with van der Waals surface area (Å²) < 4.78 is 0. The van der Waals surface area contributed by atoms with Crippen LogP contribution in [0, 0.1) is 0 Å². The summed E-state index contributed by atoms with van der Waals surface area (Å²) in [7, 11) is 0. The van der Waals surface area contributed by atoms with Gasteiger partial charge in [0.15, 0.2) is 0 Å². The van der Waals surface area contributed by atoms with Crippen LogP contribution >= 0.6 is 0 Å². The predicted octanol–water partition coefficient (Wildman–Crippen LogP) is -0.445. The molecule has 48 valence electrons. The molecule has 4 nitrogen and oxygen atoms in total. The van der Waals surface area contributed by atoms with Crippen molar-refractivity contribution in [3.8, 4) is 0 Å². The topological polar surface area (TPSA) is 74.6 Å². The Kier molecular flexibility index (Phi) is 8.38. The quantitative estimate of drug-likeness (QED) is 0.546. The Bertz CT molecular complexity index is 97.1. The summed E-state index contributed by atoms with van der Waals surface area (Å²) in [4.78, 5) is 19.3. The maximum atomic E-state index is 9.64. The first kappa shape index (κ1) is 11.9. The first-order chi connectivity index (χ1) is 3.63. The summed E-state index contributed by atoms with van der Waals surface area (Å²) >= 11 is 0. The third-order valence-corrected chi connectivity index (χ3v) is 0.553. The number of aliphatic carboxylic acids is 2. The van der Waals surface area contributed by atoms with Crippen molar-refractivity contribution in [1.29, 1.82) is 0 Å². The van der Waals surface area contributed by atoms with Crippen molar-refractivity contribution in [2.24, 2.45) is 0 Å². The molecule has 0 aliphatic heterocycles. The Morgan fingerprint density at radius 2 is 1.22 bits per heavy atom. The van der Waals surface area contributed by atoms with E-state index in [4.69, 9.17) is 10.2 Å². The number of carboxylic acids is 2. The van der Waals surface area contributed by atoms with Crippen molar-refractivity contribution in [3.05, 3.63) is 0 Å². The van der Waals surface area contributed by atoms with Crippen LogP contribution in [0.2, 0.25) is 0 Å². The maximum Gasteiger partial charge on any atom is 0.303 e. The molecule has 0 amide bonds. The fraction of sp³-hybridized carbons (Fsp3) is 0.500. The second kappa shape index (κ2) is 6.32. The first-order valence-electron chi connectivity index (χ1n) is 2.06. The molecule has 0 saturated carbocycles. The maximum absolute atomic E-state index is 9.64. The molecular weight excluding hydrogens is 152 g/mol. The largest absolute Gasteiger partial charge is 0.481 e. The molecule has 9 heavy (non-hydrogen) atoms. The summed E-state index contributed by atoms with van der Waals surface area (Å²) in [5.74, 6) is -2.15.